The second kappa shape index (κ2) is 4.92. The largest absolute Gasteiger partial charge is 0.394 e. The van der Waals surface area contributed by atoms with Crippen LogP contribution in [0.5, 0.6) is 0 Å². The SMILES string of the molecule is CC1CN(C(=O)C2(C)CCNC2)CC(CO)O1. The van der Waals surface area contributed by atoms with Crippen molar-refractivity contribution in [2.75, 3.05) is 32.8 Å². The predicted molar refractivity (Wildman–Crippen MR) is 63.6 cm³/mol. The molecule has 2 N–H and O–H groups in total. The number of morpholine rings is 1. The number of hydrogen-bond acceptors (Lipinski definition) is 4. The molecule has 0 saturated carbocycles. The van der Waals surface area contributed by atoms with Gasteiger partial charge in [-0.3, -0.25) is 4.79 Å². The van der Waals surface area contributed by atoms with Crippen LogP contribution >= 0.6 is 0 Å². The lowest BCUT2D eigenvalue weighted by Crippen LogP contribution is -2.54. The molecule has 2 rings (SSSR count). The van der Waals surface area contributed by atoms with Crippen LogP contribution in [0.4, 0.5) is 0 Å². The first kappa shape index (κ1) is 12.8. The molecular weight excluding hydrogens is 220 g/mol. The highest BCUT2D eigenvalue weighted by atomic mass is 16.5. The Kier molecular flexibility index (Phi) is 3.70. The summed E-state index contributed by atoms with van der Waals surface area (Å²) in [5.41, 5.74) is -0.281. The van der Waals surface area contributed by atoms with Gasteiger partial charge in [0.05, 0.1) is 24.2 Å². The summed E-state index contributed by atoms with van der Waals surface area (Å²) < 4.78 is 5.55. The van der Waals surface area contributed by atoms with Gasteiger partial charge in [0.15, 0.2) is 0 Å². The van der Waals surface area contributed by atoms with Crippen LogP contribution in [0.3, 0.4) is 0 Å². The Labute approximate surface area is 102 Å². The van der Waals surface area contributed by atoms with Crippen molar-refractivity contribution in [2.45, 2.75) is 32.5 Å². The third kappa shape index (κ3) is 2.61. The van der Waals surface area contributed by atoms with E-state index in [1.807, 2.05) is 18.7 Å². The quantitative estimate of drug-likeness (QED) is 0.691. The van der Waals surface area contributed by atoms with Crippen LogP contribution in [0.15, 0.2) is 0 Å². The zero-order valence-corrected chi connectivity index (χ0v) is 10.6. The average Bonchev–Trinajstić information content (AvgIpc) is 2.75. The van der Waals surface area contributed by atoms with E-state index in [2.05, 4.69) is 5.32 Å². The van der Waals surface area contributed by atoms with E-state index in [-0.39, 0.29) is 30.1 Å². The summed E-state index contributed by atoms with van der Waals surface area (Å²) in [6, 6.07) is 0. The molecule has 2 heterocycles. The second-order valence-corrected chi connectivity index (χ2v) is 5.45. The van der Waals surface area contributed by atoms with Crippen LogP contribution in [0.1, 0.15) is 20.3 Å². The Morgan fingerprint density at radius 1 is 1.59 bits per heavy atom. The highest BCUT2D eigenvalue weighted by molar-refractivity contribution is 5.83. The maximum absolute atomic E-state index is 12.5. The van der Waals surface area contributed by atoms with Crippen LogP contribution in [0, 0.1) is 5.41 Å². The van der Waals surface area contributed by atoms with E-state index in [0.29, 0.717) is 13.1 Å². The Balaban J connectivity index is 2.03. The maximum atomic E-state index is 12.5. The number of ether oxygens (including phenoxy) is 1. The van der Waals surface area contributed by atoms with Gasteiger partial charge in [0.2, 0.25) is 5.91 Å². The zero-order valence-electron chi connectivity index (χ0n) is 10.6. The molecule has 17 heavy (non-hydrogen) atoms. The summed E-state index contributed by atoms with van der Waals surface area (Å²) in [6.45, 7) is 6.73. The first-order valence-electron chi connectivity index (χ1n) is 6.31. The molecule has 5 nitrogen and oxygen atoms in total. The Morgan fingerprint density at radius 2 is 2.35 bits per heavy atom. The lowest BCUT2D eigenvalue weighted by atomic mass is 9.87. The normalized spacial score (nSPS) is 38.4. The third-order valence-electron chi connectivity index (χ3n) is 3.70. The topological polar surface area (TPSA) is 61.8 Å². The molecule has 0 bridgehead atoms. The smallest absolute Gasteiger partial charge is 0.230 e. The average molecular weight is 242 g/mol. The zero-order chi connectivity index (χ0) is 12.5. The van der Waals surface area contributed by atoms with Gasteiger partial charge >= 0.3 is 0 Å². The van der Waals surface area contributed by atoms with Crippen molar-refractivity contribution in [3.8, 4) is 0 Å². The fourth-order valence-corrected chi connectivity index (χ4v) is 2.69. The molecule has 0 aromatic carbocycles. The van der Waals surface area contributed by atoms with Gasteiger partial charge in [0.25, 0.3) is 0 Å². The Bertz CT molecular complexity index is 289. The van der Waals surface area contributed by atoms with E-state index in [9.17, 15) is 4.79 Å². The van der Waals surface area contributed by atoms with Gasteiger partial charge in [0.1, 0.15) is 0 Å². The number of aliphatic hydroxyl groups is 1. The molecule has 0 radical (unpaired) electrons. The van der Waals surface area contributed by atoms with E-state index in [1.54, 1.807) is 0 Å². The van der Waals surface area contributed by atoms with Gasteiger partial charge in [0, 0.05) is 19.6 Å². The minimum Gasteiger partial charge on any atom is -0.394 e. The third-order valence-corrected chi connectivity index (χ3v) is 3.70. The first-order chi connectivity index (χ1) is 8.05. The van der Waals surface area contributed by atoms with E-state index >= 15 is 0 Å². The van der Waals surface area contributed by atoms with Crippen LogP contribution in [0.25, 0.3) is 0 Å². The van der Waals surface area contributed by atoms with Gasteiger partial charge in [-0.25, -0.2) is 0 Å². The molecule has 98 valence electrons. The number of nitrogens with zero attached hydrogens (tertiary/aromatic N) is 1. The van der Waals surface area contributed by atoms with Crippen molar-refractivity contribution in [1.29, 1.82) is 0 Å². The molecule has 3 atom stereocenters. The van der Waals surface area contributed by atoms with Gasteiger partial charge in [-0.1, -0.05) is 0 Å². The molecule has 3 unspecified atom stereocenters. The molecule has 0 spiro atoms. The summed E-state index contributed by atoms with van der Waals surface area (Å²) in [7, 11) is 0. The molecule has 0 aromatic heterocycles. The summed E-state index contributed by atoms with van der Waals surface area (Å²) in [6.07, 6.45) is 0.657. The molecular formula is C12H22N2O3. The highest BCUT2D eigenvalue weighted by Gasteiger charge is 2.41. The molecule has 2 saturated heterocycles. The molecule has 2 aliphatic rings. The molecule has 2 fully saturated rings. The summed E-state index contributed by atoms with van der Waals surface area (Å²) in [5, 5.41) is 12.4. The molecule has 0 aliphatic carbocycles. The number of aliphatic hydroxyl groups excluding tert-OH is 1. The molecule has 2 aliphatic heterocycles. The van der Waals surface area contributed by atoms with Crippen LogP contribution in [-0.4, -0.2) is 60.9 Å². The molecule has 5 heteroatoms. The monoisotopic (exact) mass is 242 g/mol. The van der Waals surface area contributed by atoms with Crippen molar-refractivity contribution < 1.29 is 14.6 Å². The summed E-state index contributed by atoms with van der Waals surface area (Å²) >= 11 is 0. The lowest BCUT2D eigenvalue weighted by molar-refractivity contribution is -0.155. The fraction of sp³-hybridized carbons (Fsp3) is 0.917. The minimum atomic E-state index is -0.281. The highest BCUT2D eigenvalue weighted by Crippen LogP contribution is 2.28. The Morgan fingerprint density at radius 3 is 2.94 bits per heavy atom. The fourth-order valence-electron chi connectivity index (χ4n) is 2.69. The number of nitrogens with one attached hydrogen (secondary N) is 1. The number of amides is 1. The summed E-state index contributed by atoms with van der Waals surface area (Å²) in [4.78, 5) is 14.3. The van der Waals surface area contributed by atoms with Crippen LogP contribution < -0.4 is 5.32 Å². The first-order valence-corrected chi connectivity index (χ1v) is 6.31. The van der Waals surface area contributed by atoms with Gasteiger partial charge in [-0.15, -0.1) is 0 Å². The number of carbonyl (C=O) groups is 1. The van der Waals surface area contributed by atoms with E-state index in [4.69, 9.17) is 9.84 Å². The van der Waals surface area contributed by atoms with Crippen LogP contribution in [0.2, 0.25) is 0 Å². The summed E-state index contributed by atoms with van der Waals surface area (Å²) in [5.74, 6) is 0.191. The van der Waals surface area contributed by atoms with Crippen molar-refractivity contribution in [3.05, 3.63) is 0 Å². The number of rotatable bonds is 2. The number of hydrogen-bond donors (Lipinski definition) is 2. The van der Waals surface area contributed by atoms with Crippen LogP contribution in [-0.2, 0) is 9.53 Å². The van der Waals surface area contributed by atoms with Crippen molar-refractivity contribution >= 4 is 5.91 Å². The Hall–Kier alpha value is -0.650. The predicted octanol–water partition coefficient (Wildman–Crippen LogP) is -0.406. The van der Waals surface area contributed by atoms with Gasteiger partial charge in [-0.05, 0) is 26.8 Å². The maximum Gasteiger partial charge on any atom is 0.230 e. The molecule has 1 amide bonds. The molecule has 0 aromatic rings. The van der Waals surface area contributed by atoms with Gasteiger partial charge < -0.3 is 20.1 Å². The van der Waals surface area contributed by atoms with E-state index in [0.717, 1.165) is 19.5 Å². The number of carbonyl (C=O) groups excluding carboxylic acids is 1. The van der Waals surface area contributed by atoms with E-state index in [1.165, 1.54) is 0 Å². The van der Waals surface area contributed by atoms with Crippen molar-refractivity contribution in [1.82, 2.24) is 10.2 Å². The lowest BCUT2D eigenvalue weighted by Gasteiger charge is -2.39. The van der Waals surface area contributed by atoms with Gasteiger partial charge in [-0.2, -0.15) is 0 Å². The standard InChI is InChI=1S/C12H22N2O3/c1-9-5-14(6-10(7-15)17-9)11(16)12(2)3-4-13-8-12/h9-10,13,15H,3-8H2,1-2H3. The second-order valence-electron chi connectivity index (χ2n) is 5.45. The van der Waals surface area contributed by atoms with Crippen molar-refractivity contribution in [3.63, 3.8) is 0 Å². The van der Waals surface area contributed by atoms with E-state index < -0.39 is 0 Å². The van der Waals surface area contributed by atoms with Crippen molar-refractivity contribution in [2.24, 2.45) is 5.41 Å². The minimum absolute atomic E-state index is 0.00260.